The molecule has 0 atom stereocenters. The van der Waals surface area contributed by atoms with Crippen LogP contribution in [0.2, 0.25) is 0 Å². The third-order valence-electron chi connectivity index (χ3n) is 4.91. The van der Waals surface area contributed by atoms with Crippen LogP contribution >= 0.6 is 0 Å². The Bertz CT molecular complexity index is 908. The van der Waals surface area contributed by atoms with E-state index < -0.39 is 11.7 Å². The lowest BCUT2D eigenvalue weighted by atomic mass is 9.98. The Balaban J connectivity index is 2.04. The second kappa shape index (κ2) is 11.3. The van der Waals surface area contributed by atoms with Gasteiger partial charge in [-0.1, -0.05) is 26.0 Å². The maximum Gasteiger partial charge on any atom is 0.405 e. The highest BCUT2D eigenvalue weighted by Gasteiger charge is 2.22. The van der Waals surface area contributed by atoms with Crippen molar-refractivity contribution in [2.24, 2.45) is 5.73 Å². The van der Waals surface area contributed by atoms with Crippen molar-refractivity contribution in [3.8, 4) is 17.2 Å². The van der Waals surface area contributed by atoms with Crippen LogP contribution in [0, 0.1) is 0 Å². The Morgan fingerprint density at radius 2 is 1.66 bits per heavy atom. The normalized spacial score (nSPS) is 11.1. The Morgan fingerprint density at radius 1 is 1.03 bits per heavy atom. The Labute approximate surface area is 189 Å². The minimum absolute atomic E-state index is 0.125. The van der Waals surface area contributed by atoms with Crippen LogP contribution in [0.3, 0.4) is 0 Å². The molecular formula is C24H33N3O5. The number of nitrogens with one attached hydrogen (secondary N) is 2. The van der Waals surface area contributed by atoms with Gasteiger partial charge in [0.25, 0.3) is 0 Å². The largest absolute Gasteiger partial charge is 0.494 e. The number of carbonyl (C=O) groups excluding carboxylic acids is 2. The van der Waals surface area contributed by atoms with E-state index in [4.69, 9.17) is 19.9 Å². The number of hydrogen-bond donors (Lipinski definition) is 3. The second-order valence-corrected chi connectivity index (χ2v) is 8.08. The number of benzene rings is 2. The van der Waals surface area contributed by atoms with E-state index in [0.29, 0.717) is 29.4 Å². The van der Waals surface area contributed by atoms with E-state index in [1.807, 2.05) is 38.1 Å². The monoisotopic (exact) mass is 443 g/mol. The summed E-state index contributed by atoms with van der Waals surface area (Å²) < 4.78 is 16.5. The molecule has 0 bridgehead atoms. The summed E-state index contributed by atoms with van der Waals surface area (Å²) in [6.07, 6.45) is 1.45. The third kappa shape index (κ3) is 7.68. The summed E-state index contributed by atoms with van der Waals surface area (Å²) in [4.78, 5) is 23.2. The lowest BCUT2D eigenvalue weighted by Gasteiger charge is -2.24. The molecule has 8 nitrogen and oxygen atoms in total. The zero-order valence-electron chi connectivity index (χ0n) is 19.4. The molecule has 2 aromatic rings. The van der Waals surface area contributed by atoms with Gasteiger partial charge in [0.1, 0.15) is 22.8 Å². The summed E-state index contributed by atoms with van der Waals surface area (Å²) in [5.41, 5.74) is 5.94. The molecule has 0 fully saturated rings. The molecule has 3 amide bonds. The fourth-order valence-corrected chi connectivity index (χ4v) is 3.29. The summed E-state index contributed by atoms with van der Waals surface area (Å²) in [7, 11) is 1.54. The van der Waals surface area contributed by atoms with Crippen LogP contribution in [0.4, 0.5) is 15.3 Å². The molecule has 0 radical (unpaired) electrons. The fourth-order valence-electron chi connectivity index (χ4n) is 3.29. The van der Waals surface area contributed by atoms with Crippen LogP contribution in [0.15, 0.2) is 42.5 Å². The predicted molar refractivity (Wildman–Crippen MR) is 124 cm³/mol. The number of ether oxygens (including phenoxy) is 3. The zero-order chi connectivity index (χ0) is 23.7. The number of nitrogens with two attached hydrogens (primary N) is 1. The van der Waals surface area contributed by atoms with E-state index in [1.54, 1.807) is 32.0 Å². The summed E-state index contributed by atoms with van der Waals surface area (Å²) in [6, 6.07) is 12.5. The van der Waals surface area contributed by atoms with Crippen LogP contribution in [0.25, 0.3) is 0 Å². The zero-order valence-corrected chi connectivity index (χ0v) is 19.4. The molecule has 0 spiro atoms. The van der Waals surface area contributed by atoms with E-state index in [-0.39, 0.29) is 12.1 Å². The number of hydrogen-bond acceptors (Lipinski definition) is 5. The van der Waals surface area contributed by atoms with Crippen molar-refractivity contribution in [1.82, 2.24) is 5.32 Å². The first kappa shape index (κ1) is 24.8. The van der Waals surface area contributed by atoms with Gasteiger partial charge in [-0.05, 0) is 56.5 Å². The van der Waals surface area contributed by atoms with Gasteiger partial charge in [0.05, 0.1) is 12.8 Å². The first-order valence-corrected chi connectivity index (χ1v) is 10.7. The molecule has 4 N–H and O–H groups in total. The average Bonchev–Trinajstić information content (AvgIpc) is 2.73. The Hall–Kier alpha value is -3.42. The molecule has 0 aliphatic rings. The molecule has 2 rings (SSSR count). The van der Waals surface area contributed by atoms with Crippen LogP contribution in [0.1, 0.15) is 46.1 Å². The lowest BCUT2D eigenvalue weighted by molar-refractivity contribution is 0.0460. The summed E-state index contributed by atoms with van der Waals surface area (Å²) in [6.45, 7) is 7.66. The van der Waals surface area contributed by atoms with Crippen molar-refractivity contribution in [1.29, 1.82) is 0 Å². The lowest BCUT2D eigenvalue weighted by Crippen LogP contribution is -2.37. The van der Waals surface area contributed by atoms with Crippen molar-refractivity contribution in [3.05, 3.63) is 48.0 Å². The first-order valence-electron chi connectivity index (χ1n) is 10.7. The van der Waals surface area contributed by atoms with E-state index in [0.717, 1.165) is 18.4 Å². The fraction of sp³-hybridized carbons (Fsp3) is 0.417. The molecule has 0 unspecified atom stereocenters. The highest BCUT2D eigenvalue weighted by Crippen LogP contribution is 2.32. The van der Waals surface area contributed by atoms with Crippen molar-refractivity contribution in [2.45, 2.75) is 58.6 Å². The van der Waals surface area contributed by atoms with Gasteiger partial charge in [0, 0.05) is 18.5 Å². The molecule has 0 aromatic heterocycles. The van der Waals surface area contributed by atoms with E-state index in [9.17, 15) is 9.59 Å². The predicted octanol–water partition coefficient (Wildman–Crippen LogP) is 5.21. The number of carbonyl (C=O) groups is 2. The second-order valence-electron chi connectivity index (χ2n) is 8.08. The molecule has 174 valence electrons. The van der Waals surface area contributed by atoms with Gasteiger partial charge in [0.2, 0.25) is 0 Å². The summed E-state index contributed by atoms with van der Waals surface area (Å²) in [5.74, 6) is 1.69. The first-order chi connectivity index (χ1) is 15.2. The van der Waals surface area contributed by atoms with Gasteiger partial charge in [-0.3, -0.25) is 0 Å². The highest BCUT2D eigenvalue weighted by atomic mass is 16.6. The Kier molecular flexibility index (Phi) is 8.75. The molecule has 0 aliphatic carbocycles. The minimum atomic E-state index is -0.796. The molecule has 0 aliphatic heterocycles. The summed E-state index contributed by atoms with van der Waals surface area (Å²) >= 11 is 0. The van der Waals surface area contributed by atoms with Gasteiger partial charge >= 0.3 is 12.1 Å². The van der Waals surface area contributed by atoms with Crippen molar-refractivity contribution < 1.29 is 23.8 Å². The molecule has 8 heteroatoms. The quantitative estimate of drug-likeness (QED) is 0.466. The molecule has 0 saturated heterocycles. The SMILES string of the molecule is CCC(CC)NC(=O)Nc1ccc(Oc2ccc(CC(C)(C)OC(N)=O)cc2)cc1OC. The third-order valence-corrected chi connectivity index (χ3v) is 4.91. The number of methoxy groups -OCH3 is 1. The van der Waals surface area contributed by atoms with Crippen molar-refractivity contribution in [2.75, 3.05) is 12.4 Å². The Morgan fingerprint density at radius 3 is 2.22 bits per heavy atom. The van der Waals surface area contributed by atoms with Crippen LogP contribution < -0.4 is 25.8 Å². The van der Waals surface area contributed by atoms with Crippen LogP contribution in [-0.2, 0) is 11.2 Å². The number of primary amides is 1. The highest BCUT2D eigenvalue weighted by molar-refractivity contribution is 5.91. The van der Waals surface area contributed by atoms with Crippen molar-refractivity contribution in [3.63, 3.8) is 0 Å². The molecule has 0 saturated carbocycles. The molecule has 32 heavy (non-hydrogen) atoms. The summed E-state index contributed by atoms with van der Waals surface area (Å²) in [5, 5.41) is 5.75. The molecular weight excluding hydrogens is 410 g/mol. The number of rotatable bonds is 10. The van der Waals surface area contributed by atoms with Gasteiger partial charge in [0.15, 0.2) is 0 Å². The maximum atomic E-state index is 12.2. The molecule has 0 heterocycles. The van der Waals surface area contributed by atoms with Crippen LogP contribution in [-0.4, -0.2) is 30.9 Å². The number of amides is 3. The number of anilines is 1. The molecule has 2 aromatic carbocycles. The minimum Gasteiger partial charge on any atom is -0.494 e. The van der Waals surface area contributed by atoms with Crippen molar-refractivity contribution >= 4 is 17.8 Å². The van der Waals surface area contributed by atoms with E-state index in [1.165, 1.54) is 7.11 Å². The smallest absolute Gasteiger partial charge is 0.405 e. The van der Waals surface area contributed by atoms with E-state index in [2.05, 4.69) is 10.6 Å². The van der Waals surface area contributed by atoms with Gasteiger partial charge in [-0.25, -0.2) is 9.59 Å². The number of urea groups is 1. The van der Waals surface area contributed by atoms with Crippen LogP contribution in [0.5, 0.6) is 17.2 Å². The van der Waals surface area contributed by atoms with Gasteiger partial charge < -0.3 is 30.6 Å². The van der Waals surface area contributed by atoms with Gasteiger partial charge in [-0.15, -0.1) is 0 Å². The average molecular weight is 444 g/mol. The maximum absolute atomic E-state index is 12.2. The topological polar surface area (TPSA) is 112 Å². The van der Waals surface area contributed by atoms with E-state index >= 15 is 0 Å². The van der Waals surface area contributed by atoms with Gasteiger partial charge in [-0.2, -0.15) is 0 Å². The standard InChI is InChI=1S/C24H33N3O5/c1-6-17(7-2)26-23(29)27-20-13-12-19(14-21(20)30-5)31-18-10-8-16(9-11-18)15-24(3,4)32-22(25)28/h8-14,17H,6-7,15H2,1-5H3,(H2,25,28)(H2,26,27,29).